The van der Waals surface area contributed by atoms with Crippen LogP contribution in [0.5, 0.6) is 0 Å². The Balaban J connectivity index is 2.00. The summed E-state index contributed by atoms with van der Waals surface area (Å²) < 4.78 is 0. The van der Waals surface area contributed by atoms with Gasteiger partial charge in [-0.25, -0.2) is 0 Å². The second kappa shape index (κ2) is 6.55. The van der Waals surface area contributed by atoms with E-state index in [1.165, 1.54) is 32.1 Å². The van der Waals surface area contributed by atoms with Crippen LogP contribution in [0.25, 0.3) is 0 Å². The minimum absolute atomic E-state index is 0.491. The summed E-state index contributed by atoms with van der Waals surface area (Å²) in [6.45, 7) is 7.07. The van der Waals surface area contributed by atoms with Gasteiger partial charge in [0, 0.05) is 12.6 Å². The quantitative estimate of drug-likeness (QED) is 0.823. The minimum Gasteiger partial charge on any atom is -0.389 e. The van der Waals surface area contributed by atoms with E-state index in [0.29, 0.717) is 12.0 Å². The van der Waals surface area contributed by atoms with Gasteiger partial charge in [0.15, 0.2) is 0 Å². The molecular weight excluding hydrogens is 236 g/mol. The van der Waals surface area contributed by atoms with Gasteiger partial charge < -0.3 is 10.8 Å². The summed E-state index contributed by atoms with van der Waals surface area (Å²) in [6.07, 6.45) is 8.66. The Kier molecular flexibility index (Phi) is 5.27. The number of hydrogen-bond donors (Lipinski definition) is 2. The Morgan fingerprint density at radius 1 is 1.37 bits per heavy atom. The molecule has 0 aromatic carbocycles. The molecule has 2 fully saturated rings. The fourth-order valence-corrected chi connectivity index (χ4v) is 4.23. The molecule has 1 aliphatic carbocycles. The van der Waals surface area contributed by atoms with Crippen LogP contribution >= 0.6 is 0 Å². The van der Waals surface area contributed by atoms with Crippen LogP contribution in [-0.4, -0.2) is 41.3 Å². The molecule has 1 aliphatic heterocycles. The van der Waals surface area contributed by atoms with Crippen molar-refractivity contribution >= 4 is 0 Å². The highest BCUT2D eigenvalue weighted by molar-refractivity contribution is 4.92. The van der Waals surface area contributed by atoms with Crippen molar-refractivity contribution in [3.05, 3.63) is 0 Å². The van der Waals surface area contributed by atoms with E-state index in [1.54, 1.807) is 0 Å². The molecule has 1 saturated heterocycles. The lowest BCUT2D eigenvalue weighted by atomic mass is 9.75. The molecule has 0 spiro atoms. The Morgan fingerprint density at radius 2 is 2.16 bits per heavy atom. The van der Waals surface area contributed by atoms with Gasteiger partial charge in [-0.2, -0.15) is 0 Å². The average molecular weight is 268 g/mol. The van der Waals surface area contributed by atoms with Gasteiger partial charge in [-0.1, -0.05) is 26.2 Å². The first-order valence-corrected chi connectivity index (χ1v) is 8.22. The predicted octanol–water partition coefficient (Wildman–Crippen LogP) is 2.38. The van der Waals surface area contributed by atoms with E-state index >= 15 is 0 Å². The molecular formula is C16H32N2O. The van der Waals surface area contributed by atoms with Crippen LogP contribution in [0.1, 0.15) is 58.8 Å². The minimum atomic E-state index is -0.491. The number of piperidine rings is 1. The molecule has 1 heterocycles. The molecule has 4 atom stereocenters. The molecule has 0 aromatic rings. The van der Waals surface area contributed by atoms with Gasteiger partial charge in [0.2, 0.25) is 0 Å². The number of aliphatic hydroxyl groups is 1. The number of β-amino-alcohol motifs (C(OH)–C–C–N with tert-alkyl or cyclic N) is 1. The summed E-state index contributed by atoms with van der Waals surface area (Å²) in [4.78, 5) is 2.54. The molecule has 112 valence electrons. The van der Waals surface area contributed by atoms with Crippen LogP contribution in [0.2, 0.25) is 0 Å². The molecule has 2 aliphatic rings. The van der Waals surface area contributed by atoms with Crippen LogP contribution < -0.4 is 5.73 Å². The highest BCUT2D eigenvalue weighted by Crippen LogP contribution is 2.36. The van der Waals surface area contributed by atoms with Gasteiger partial charge >= 0.3 is 0 Å². The first kappa shape index (κ1) is 15.3. The smallest absolute Gasteiger partial charge is 0.0746 e. The van der Waals surface area contributed by atoms with Gasteiger partial charge in [-0.3, -0.25) is 4.90 Å². The van der Waals surface area contributed by atoms with Crippen LogP contribution in [0.4, 0.5) is 0 Å². The molecule has 0 aromatic heterocycles. The Morgan fingerprint density at radius 3 is 2.79 bits per heavy atom. The molecule has 4 unspecified atom stereocenters. The lowest BCUT2D eigenvalue weighted by Crippen LogP contribution is -2.55. The Labute approximate surface area is 118 Å². The van der Waals surface area contributed by atoms with Gasteiger partial charge in [0.25, 0.3) is 0 Å². The zero-order valence-electron chi connectivity index (χ0n) is 12.8. The highest BCUT2D eigenvalue weighted by atomic mass is 16.3. The van der Waals surface area contributed by atoms with E-state index in [4.69, 9.17) is 5.73 Å². The van der Waals surface area contributed by atoms with E-state index < -0.39 is 5.60 Å². The molecule has 3 heteroatoms. The van der Waals surface area contributed by atoms with E-state index in [0.717, 1.165) is 38.4 Å². The second-order valence-corrected chi connectivity index (χ2v) is 7.10. The van der Waals surface area contributed by atoms with Crippen LogP contribution in [0.3, 0.4) is 0 Å². The SMILES string of the molecule is CCCC1CCC(CN)C(N2CCCC(C)(O)C2)C1. The fraction of sp³-hybridized carbons (Fsp3) is 1.00. The zero-order chi connectivity index (χ0) is 13.9. The molecule has 3 N–H and O–H groups in total. The summed E-state index contributed by atoms with van der Waals surface area (Å²) in [7, 11) is 0. The molecule has 1 saturated carbocycles. The monoisotopic (exact) mass is 268 g/mol. The van der Waals surface area contributed by atoms with Gasteiger partial charge in [0.1, 0.15) is 0 Å². The maximum atomic E-state index is 10.3. The third kappa shape index (κ3) is 3.93. The lowest BCUT2D eigenvalue weighted by Gasteiger charge is -2.47. The largest absolute Gasteiger partial charge is 0.389 e. The first-order chi connectivity index (χ1) is 9.05. The van der Waals surface area contributed by atoms with Crippen LogP contribution in [0.15, 0.2) is 0 Å². The third-order valence-electron chi connectivity index (χ3n) is 5.24. The third-order valence-corrected chi connectivity index (χ3v) is 5.24. The predicted molar refractivity (Wildman–Crippen MR) is 80.0 cm³/mol. The van der Waals surface area contributed by atoms with Crippen molar-refractivity contribution in [3.8, 4) is 0 Å². The van der Waals surface area contributed by atoms with Crippen LogP contribution in [-0.2, 0) is 0 Å². The summed E-state index contributed by atoms with van der Waals surface area (Å²) in [5, 5.41) is 10.3. The Bertz CT molecular complexity index is 280. The molecule has 0 radical (unpaired) electrons. The van der Waals surface area contributed by atoms with E-state index in [9.17, 15) is 5.11 Å². The summed E-state index contributed by atoms with van der Waals surface area (Å²) in [5.74, 6) is 1.52. The lowest BCUT2D eigenvalue weighted by molar-refractivity contribution is -0.0492. The van der Waals surface area contributed by atoms with Gasteiger partial charge in [-0.05, 0) is 57.5 Å². The second-order valence-electron chi connectivity index (χ2n) is 7.10. The summed E-state index contributed by atoms with van der Waals surface area (Å²) in [6, 6.07) is 0.613. The zero-order valence-corrected chi connectivity index (χ0v) is 12.8. The first-order valence-electron chi connectivity index (χ1n) is 8.22. The van der Waals surface area contributed by atoms with Crippen LogP contribution in [0, 0.1) is 11.8 Å². The average Bonchev–Trinajstić information content (AvgIpc) is 2.38. The van der Waals surface area contributed by atoms with Crippen molar-refractivity contribution < 1.29 is 5.11 Å². The molecule has 19 heavy (non-hydrogen) atoms. The maximum absolute atomic E-state index is 10.3. The van der Waals surface area contributed by atoms with Crippen molar-refractivity contribution in [2.75, 3.05) is 19.6 Å². The molecule has 2 rings (SSSR count). The van der Waals surface area contributed by atoms with Crippen molar-refractivity contribution in [1.29, 1.82) is 0 Å². The van der Waals surface area contributed by atoms with Crippen molar-refractivity contribution in [1.82, 2.24) is 4.90 Å². The van der Waals surface area contributed by atoms with Crippen molar-refractivity contribution in [2.45, 2.75) is 70.4 Å². The van der Waals surface area contributed by atoms with E-state index in [1.807, 2.05) is 6.92 Å². The topological polar surface area (TPSA) is 49.5 Å². The molecule has 0 amide bonds. The highest BCUT2D eigenvalue weighted by Gasteiger charge is 2.38. The Hall–Kier alpha value is -0.120. The normalized spacial score (nSPS) is 41.4. The number of rotatable bonds is 4. The van der Waals surface area contributed by atoms with Gasteiger partial charge in [-0.15, -0.1) is 0 Å². The summed E-state index contributed by atoms with van der Waals surface area (Å²) >= 11 is 0. The number of likely N-dealkylation sites (tertiary alicyclic amines) is 1. The number of nitrogens with zero attached hydrogens (tertiary/aromatic N) is 1. The fourth-order valence-electron chi connectivity index (χ4n) is 4.23. The van der Waals surface area contributed by atoms with Gasteiger partial charge in [0.05, 0.1) is 5.60 Å². The van der Waals surface area contributed by atoms with Crippen molar-refractivity contribution in [2.24, 2.45) is 17.6 Å². The maximum Gasteiger partial charge on any atom is 0.0746 e. The van der Waals surface area contributed by atoms with E-state index in [-0.39, 0.29) is 0 Å². The number of nitrogens with two attached hydrogens (primary N) is 1. The standard InChI is InChI=1S/C16H32N2O/c1-3-5-13-6-7-14(11-17)15(10-13)18-9-4-8-16(2,19)12-18/h13-15,19H,3-12,17H2,1-2H3. The summed E-state index contributed by atoms with van der Waals surface area (Å²) in [5.41, 5.74) is 5.51. The van der Waals surface area contributed by atoms with E-state index in [2.05, 4.69) is 11.8 Å². The number of hydrogen-bond acceptors (Lipinski definition) is 3. The molecule has 0 bridgehead atoms. The van der Waals surface area contributed by atoms with Crippen molar-refractivity contribution in [3.63, 3.8) is 0 Å². The molecule has 3 nitrogen and oxygen atoms in total.